The third-order valence-corrected chi connectivity index (χ3v) is 3.76. The molecule has 4 nitrogen and oxygen atoms in total. The summed E-state index contributed by atoms with van der Waals surface area (Å²) in [6.45, 7) is 2.16. The van der Waals surface area contributed by atoms with Crippen LogP contribution in [0.3, 0.4) is 0 Å². The molecular formula is C14H18ClN3OS. The van der Waals surface area contributed by atoms with Crippen LogP contribution in [-0.2, 0) is 4.79 Å². The Morgan fingerprint density at radius 3 is 2.65 bits per heavy atom. The molecule has 108 valence electrons. The van der Waals surface area contributed by atoms with Gasteiger partial charge in [-0.1, -0.05) is 37.3 Å². The number of benzene rings is 1. The van der Waals surface area contributed by atoms with Gasteiger partial charge in [-0.25, -0.2) is 4.98 Å². The van der Waals surface area contributed by atoms with Gasteiger partial charge in [-0.3, -0.25) is 4.79 Å². The molecule has 2 rings (SSSR count). The molecule has 0 bridgehead atoms. The normalized spacial score (nSPS) is 13.1. The molecule has 0 aliphatic carbocycles. The van der Waals surface area contributed by atoms with Crippen LogP contribution in [0.1, 0.15) is 23.5 Å². The predicted molar refractivity (Wildman–Crippen MR) is 84.0 cm³/mol. The van der Waals surface area contributed by atoms with Gasteiger partial charge in [0, 0.05) is 24.0 Å². The Bertz CT molecular complexity index is 518. The zero-order valence-corrected chi connectivity index (χ0v) is 12.8. The summed E-state index contributed by atoms with van der Waals surface area (Å²) in [7, 11) is 0. The molecule has 0 saturated heterocycles. The number of nitrogens with one attached hydrogen (secondary N) is 1. The van der Waals surface area contributed by atoms with Crippen molar-refractivity contribution >= 4 is 29.7 Å². The zero-order chi connectivity index (χ0) is 13.7. The van der Waals surface area contributed by atoms with Crippen molar-refractivity contribution in [3.05, 3.63) is 52.5 Å². The maximum Gasteiger partial charge on any atom is 0.224 e. The van der Waals surface area contributed by atoms with Gasteiger partial charge in [0.1, 0.15) is 11.0 Å². The van der Waals surface area contributed by atoms with Crippen molar-refractivity contribution in [2.75, 3.05) is 6.54 Å². The van der Waals surface area contributed by atoms with E-state index in [0.29, 0.717) is 6.54 Å². The van der Waals surface area contributed by atoms with Gasteiger partial charge in [-0.05, 0) is 5.56 Å². The summed E-state index contributed by atoms with van der Waals surface area (Å²) in [4.78, 5) is 16.3. The highest BCUT2D eigenvalue weighted by atomic mass is 35.5. The number of aromatic nitrogens is 1. The van der Waals surface area contributed by atoms with Crippen LogP contribution in [0.25, 0.3) is 0 Å². The fourth-order valence-electron chi connectivity index (χ4n) is 1.70. The number of nitrogens with two attached hydrogens (primary N) is 1. The van der Waals surface area contributed by atoms with Crippen molar-refractivity contribution in [1.82, 2.24) is 10.3 Å². The molecule has 0 saturated carbocycles. The van der Waals surface area contributed by atoms with Crippen molar-refractivity contribution in [2.45, 2.75) is 13.0 Å². The molecule has 6 heteroatoms. The Hall–Kier alpha value is -1.43. The number of nitrogens with zero attached hydrogens (tertiary/aromatic N) is 1. The predicted octanol–water partition coefficient (Wildman–Crippen LogP) is 2.37. The molecule has 1 aromatic carbocycles. The van der Waals surface area contributed by atoms with Crippen LogP contribution in [0.5, 0.6) is 0 Å². The van der Waals surface area contributed by atoms with Gasteiger partial charge >= 0.3 is 0 Å². The molecule has 20 heavy (non-hydrogen) atoms. The molecule has 2 atom stereocenters. The highest BCUT2D eigenvalue weighted by Gasteiger charge is 2.21. The van der Waals surface area contributed by atoms with Crippen LogP contribution < -0.4 is 11.1 Å². The molecule has 0 aliphatic rings. The first kappa shape index (κ1) is 16.6. The lowest BCUT2D eigenvalue weighted by atomic mass is 10.1. The molecule has 1 heterocycles. The zero-order valence-electron chi connectivity index (χ0n) is 11.2. The summed E-state index contributed by atoms with van der Waals surface area (Å²) < 4.78 is 0. The molecule has 3 N–H and O–H groups in total. The second-order valence-electron chi connectivity index (χ2n) is 4.36. The number of hydrogen-bond acceptors (Lipinski definition) is 4. The Labute approximate surface area is 128 Å². The van der Waals surface area contributed by atoms with Gasteiger partial charge < -0.3 is 11.1 Å². The molecule has 2 unspecified atom stereocenters. The van der Waals surface area contributed by atoms with E-state index in [4.69, 9.17) is 5.73 Å². The average Bonchev–Trinajstić information content (AvgIpc) is 2.98. The van der Waals surface area contributed by atoms with Crippen LogP contribution >= 0.6 is 23.7 Å². The molecule has 1 aromatic heterocycles. The van der Waals surface area contributed by atoms with Crippen LogP contribution in [0.4, 0.5) is 0 Å². The van der Waals surface area contributed by atoms with Crippen molar-refractivity contribution in [3.8, 4) is 0 Å². The minimum Gasteiger partial charge on any atom is -0.342 e. The highest BCUT2D eigenvalue weighted by molar-refractivity contribution is 7.09. The Morgan fingerprint density at radius 1 is 1.40 bits per heavy atom. The second kappa shape index (κ2) is 7.99. The quantitative estimate of drug-likeness (QED) is 0.890. The van der Waals surface area contributed by atoms with Crippen molar-refractivity contribution < 1.29 is 4.79 Å². The first-order valence-electron chi connectivity index (χ1n) is 6.17. The average molecular weight is 312 g/mol. The van der Waals surface area contributed by atoms with Crippen molar-refractivity contribution in [3.63, 3.8) is 0 Å². The van der Waals surface area contributed by atoms with Crippen molar-refractivity contribution in [1.29, 1.82) is 0 Å². The van der Waals surface area contributed by atoms with Gasteiger partial charge in [0.25, 0.3) is 0 Å². The summed E-state index contributed by atoms with van der Waals surface area (Å²) in [5.74, 6) is -0.252. The standard InChI is InChI=1S/C14H17N3OS.ClH/c1-10(9-15)13(18)17-12(14-16-7-8-19-14)11-5-3-2-4-6-11;/h2-8,10,12H,9,15H2,1H3,(H,17,18);1H. The molecule has 0 spiro atoms. The number of amides is 1. The first-order chi connectivity index (χ1) is 9.22. The lowest BCUT2D eigenvalue weighted by Crippen LogP contribution is -2.36. The smallest absolute Gasteiger partial charge is 0.224 e. The lowest BCUT2D eigenvalue weighted by molar-refractivity contribution is -0.124. The van der Waals surface area contributed by atoms with Gasteiger partial charge in [0.2, 0.25) is 5.91 Å². The Kier molecular flexibility index (Phi) is 6.64. The van der Waals surface area contributed by atoms with E-state index in [1.165, 1.54) is 11.3 Å². The van der Waals surface area contributed by atoms with E-state index in [9.17, 15) is 4.79 Å². The molecule has 0 radical (unpaired) electrons. The number of hydrogen-bond donors (Lipinski definition) is 2. The van der Waals surface area contributed by atoms with Gasteiger partial charge in [0.05, 0.1) is 0 Å². The van der Waals surface area contributed by atoms with E-state index in [2.05, 4.69) is 10.3 Å². The lowest BCUT2D eigenvalue weighted by Gasteiger charge is -2.19. The van der Waals surface area contributed by atoms with E-state index in [1.807, 2.05) is 42.6 Å². The van der Waals surface area contributed by atoms with Gasteiger partial charge in [0.15, 0.2) is 0 Å². The number of halogens is 1. The number of thiazole rings is 1. The van der Waals surface area contributed by atoms with Crippen molar-refractivity contribution in [2.24, 2.45) is 11.7 Å². The monoisotopic (exact) mass is 311 g/mol. The molecule has 1 amide bonds. The summed E-state index contributed by atoms with van der Waals surface area (Å²) in [5.41, 5.74) is 6.56. The van der Waals surface area contributed by atoms with Crippen LogP contribution in [0.2, 0.25) is 0 Å². The summed E-state index contributed by atoms with van der Waals surface area (Å²) >= 11 is 1.53. The molecular weight excluding hydrogens is 294 g/mol. The summed E-state index contributed by atoms with van der Waals surface area (Å²) in [5, 5.41) is 5.80. The third kappa shape index (κ3) is 4.03. The topological polar surface area (TPSA) is 68.0 Å². The SMILES string of the molecule is CC(CN)C(=O)NC(c1ccccc1)c1nccs1.Cl. The largest absolute Gasteiger partial charge is 0.342 e. The van der Waals surface area contributed by atoms with Crippen LogP contribution in [0.15, 0.2) is 41.9 Å². The van der Waals surface area contributed by atoms with E-state index in [-0.39, 0.29) is 30.3 Å². The highest BCUT2D eigenvalue weighted by Crippen LogP contribution is 2.23. The molecule has 0 fully saturated rings. The minimum atomic E-state index is -0.206. The fourth-order valence-corrected chi connectivity index (χ4v) is 2.42. The third-order valence-electron chi connectivity index (χ3n) is 2.92. The first-order valence-corrected chi connectivity index (χ1v) is 7.05. The van der Waals surface area contributed by atoms with Gasteiger partial charge in [-0.15, -0.1) is 23.7 Å². The van der Waals surface area contributed by atoms with E-state index < -0.39 is 0 Å². The van der Waals surface area contributed by atoms with Crippen LogP contribution in [-0.4, -0.2) is 17.4 Å². The second-order valence-corrected chi connectivity index (χ2v) is 5.29. The van der Waals surface area contributed by atoms with E-state index >= 15 is 0 Å². The summed E-state index contributed by atoms with van der Waals surface area (Å²) in [6.07, 6.45) is 1.74. The Morgan fingerprint density at radius 2 is 2.10 bits per heavy atom. The summed E-state index contributed by atoms with van der Waals surface area (Å²) in [6, 6.07) is 9.62. The number of rotatable bonds is 5. The fraction of sp³-hybridized carbons (Fsp3) is 0.286. The molecule has 2 aromatic rings. The maximum absolute atomic E-state index is 12.0. The maximum atomic E-state index is 12.0. The van der Waals surface area contributed by atoms with E-state index in [0.717, 1.165) is 10.6 Å². The minimum absolute atomic E-state index is 0. The molecule has 0 aliphatic heterocycles. The van der Waals surface area contributed by atoms with Crippen LogP contribution in [0, 0.1) is 5.92 Å². The van der Waals surface area contributed by atoms with E-state index in [1.54, 1.807) is 6.20 Å². The number of carbonyl (C=O) groups is 1. The Balaban J connectivity index is 0.00000200. The van der Waals surface area contributed by atoms with Gasteiger partial charge in [-0.2, -0.15) is 0 Å². The number of carbonyl (C=O) groups excluding carboxylic acids is 1.